The molecule has 3 aromatic carbocycles. The average Bonchev–Trinajstić information content (AvgIpc) is 2.86. The molecule has 2 aliphatic rings. The lowest BCUT2D eigenvalue weighted by Crippen LogP contribution is -2.57. The third kappa shape index (κ3) is 5.16. The minimum absolute atomic E-state index is 0.113. The van der Waals surface area contributed by atoms with Crippen LogP contribution in [0.3, 0.4) is 0 Å². The number of ether oxygens (including phenoxy) is 1. The number of nitrogens with one attached hydrogen (secondary N) is 1. The highest BCUT2D eigenvalue weighted by Gasteiger charge is 2.50. The van der Waals surface area contributed by atoms with Crippen molar-refractivity contribution in [2.24, 2.45) is 0 Å². The SMILES string of the molecule is CC(c1ccc(F)c(F)c1)N1CCC2(CC1)Nc1cc(Br)ccc1C(=O)C2c1ccc(OC(F)(F)F)cc1. The molecule has 0 bridgehead atoms. The number of nitrogens with zero attached hydrogens (tertiary/aromatic N) is 1. The molecule has 3 aromatic rings. The summed E-state index contributed by atoms with van der Waals surface area (Å²) < 4.78 is 70.1. The summed E-state index contributed by atoms with van der Waals surface area (Å²) in [4.78, 5) is 16.0. The van der Waals surface area contributed by atoms with Crippen LogP contribution in [0, 0.1) is 11.6 Å². The summed E-state index contributed by atoms with van der Waals surface area (Å²) in [6.45, 7) is 3.05. The number of likely N-dealkylation sites (tertiary alicyclic amines) is 1. The number of fused-ring (bicyclic) bond motifs is 1. The van der Waals surface area contributed by atoms with E-state index in [4.69, 9.17) is 0 Å². The molecule has 1 saturated heterocycles. The van der Waals surface area contributed by atoms with E-state index in [1.165, 1.54) is 30.3 Å². The molecule has 0 radical (unpaired) electrons. The van der Waals surface area contributed by atoms with E-state index in [9.17, 15) is 26.7 Å². The molecule has 5 rings (SSSR count). The first kappa shape index (κ1) is 26.6. The normalized spacial score (nSPS) is 20.1. The van der Waals surface area contributed by atoms with Gasteiger partial charge in [0.15, 0.2) is 17.4 Å². The standard InChI is InChI=1S/C28H24BrF5N2O2/c1-16(18-4-9-22(30)23(31)14-18)36-12-10-27(11-13-36)25(17-2-6-20(7-3-17)38-28(32,33)34)26(37)21-8-5-19(29)15-24(21)35-27/h2-9,14-16,25,35H,10-13H2,1H3. The Kier molecular flexibility index (Phi) is 6.98. The first-order chi connectivity index (χ1) is 18.0. The molecular formula is C28H24BrF5N2O2. The van der Waals surface area contributed by atoms with E-state index in [1.54, 1.807) is 18.2 Å². The number of hydrogen-bond donors (Lipinski definition) is 1. The summed E-state index contributed by atoms with van der Waals surface area (Å²) in [5, 5.41) is 3.60. The number of piperidine rings is 1. The van der Waals surface area contributed by atoms with Crippen molar-refractivity contribution in [3.05, 3.63) is 93.5 Å². The van der Waals surface area contributed by atoms with Crippen molar-refractivity contribution in [2.45, 2.75) is 43.6 Å². The van der Waals surface area contributed by atoms with Gasteiger partial charge in [0.25, 0.3) is 0 Å². The van der Waals surface area contributed by atoms with E-state index in [1.807, 2.05) is 13.0 Å². The maximum Gasteiger partial charge on any atom is 0.573 e. The van der Waals surface area contributed by atoms with Gasteiger partial charge in [0.1, 0.15) is 5.75 Å². The van der Waals surface area contributed by atoms with Gasteiger partial charge >= 0.3 is 6.36 Å². The Morgan fingerprint density at radius 2 is 1.68 bits per heavy atom. The number of carbonyl (C=O) groups excluding carboxylic acids is 1. The Bertz CT molecular complexity index is 1350. The molecule has 1 fully saturated rings. The second-order valence-corrected chi connectivity index (χ2v) is 10.7. The van der Waals surface area contributed by atoms with E-state index >= 15 is 0 Å². The lowest BCUT2D eigenvalue weighted by Gasteiger charge is -2.51. The second kappa shape index (κ2) is 9.96. The highest BCUT2D eigenvalue weighted by molar-refractivity contribution is 9.10. The molecule has 2 aliphatic heterocycles. The number of halogens is 6. The van der Waals surface area contributed by atoms with Gasteiger partial charge in [0, 0.05) is 34.9 Å². The van der Waals surface area contributed by atoms with Crippen molar-refractivity contribution >= 4 is 27.4 Å². The third-order valence-corrected chi connectivity index (χ3v) is 8.05. The topological polar surface area (TPSA) is 41.6 Å². The van der Waals surface area contributed by atoms with Gasteiger partial charge in [-0.05, 0) is 73.4 Å². The monoisotopic (exact) mass is 594 g/mol. The maximum atomic E-state index is 13.9. The minimum Gasteiger partial charge on any atom is -0.406 e. The summed E-state index contributed by atoms with van der Waals surface area (Å²) >= 11 is 3.46. The molecule has 38 heavy (non-hydrogen) atoms. The molecule has 2 unspecified atom stereocenters. The second-order valence-electron chi connectivity index (χ2n) is 9.77. The van der Waals surface area contributed by atoms with Gasteiger partial charge in [-0.15, -0.1) is 13.2 Å². The molecule has 1 spiro atoms. The summed E-state index contributed by atoms with van der Waals surface area (Å²) in [6.07, 6.45) is -3.72. The molecule has 0 saturated carbocycles. The summed E-state index contributed by atoms with van der Waals surface area (Å²) in [6, 6.07) is 14.5. The number of anilines is 1. The maximum absolute atomic E-state index is 13.9. The molecule has 0 aliphatic carbocycles. The van der Waals surface area contributed by atoms with Crippen molar-refractivity contribution in [1.82, 2.24) is 4.90 Å². The predicted molar refractivity (Wildman–Crippen MR) is 136 cm³/mol. The highest BCUT2D eigenvalue weighted by Crippen LogP contribution is 2.48. The van der Waals surface area contributed by atoms with Crippen molar-refractivity contribution in [3.63, 3.8) is 0 Å². The van der Waals surface area contributed by atoms with Gasteiger partial charge in [-0.1, -0.05) is 34.1 Å². The number of rotatable bonds is 4. The van der Waals surface area contributed by atoms with Crippen LogP contribution in [0.1, 0.15) is 53.2 Å². The summed E-state index contributed by atoms with van der Waals surface area (Å²) in [5.74, 6) is -2.91. The number of carbonyl (C=O) groups is 1. The lowest BCUT2D eigenvalue weighted by atomic mass is 9.67. The van der Waals surface area contributed by atoms with Crippen LogP contribution in [0.15, 0.2) is 65.1 Å². The van der Waals surface area contributed by atoms with Crippen molar-refractivity contribution in [2.75, 3.05) is 18.4 Å². The van der Waals surface area contributed by atoms with Crippen LogP contribution in [0.2, 0.25) is 0 Å². The van der Waals surface area contributed by atoms with E-state index in [0.717, 1.165) is 10.5 Å². The summed E-state index contributed by atoms with van der Waals surface area (Å²) in [7, 11) is 0. The molecule has 0 amide bonds. The van der Waals surface area contributed by atoms with Gasteiger partial charge in [0.2, 0.25) is 0 Å². The van der Waals surface area contributed by atoms with E-state index < -0.39 is 29.5 Å². The van der Waals surface area contributed by atoms with Crippen molar-refractivity contribution in [3.8, 4) is 5.75 Å². The molecule has 200 valence electrons. The fourth-order valence-electron chi connectivity index (χ4n) is 5.62. The Labute approximate surface area is 224 Å². The predicted octanol–water partition coefficient (Wildman–Crippen LogP) is 7.61. The number of Topliss-reactive ketones (excluding diaryl/α,β-unsaturated/α-hetero) is 1. The first-order valence-corrected chi connectivity index (χ1v) is 12.9. The summed E-state index contributed by atoms with van der Waals surface area (Å²) in [5.41, 5.74) is 1.75. The molecule has 0 aromatic heterocycles. The van der Waals surface area contributed by atoms with Crippen LogP contribution in [-0.4, -0.2) is 35.7 Å². The van der Waals surface area contributed by atoms with Gasteiger partial charge < -0.3 is 10.1 Å². The smallest absolute Gasteiger partial charge is 0.406 e. The van der Waals surface area contributed by atoms with Crippen LogP contribution in [0.25, 0.3) is 0 Å². The molecule has 1 N–H and O–H groups in total. The zero-order chi connectivity index (χ0) is 27.2. The quantitative estimate of drug-likeness (QED) is 0.316. The van der Waals surface area contributed by atoms with Crippen LogP contribution < -0.4 is 10.1 Å². The molecule has 2 atom stereocenters. The van der Waals surface area contributed by atoms with Crippen LogP contribution >= 0.6 is 15.9 Å². The number of hydrogen-bond acceptors (Lipinski definition) is 4. The Hall–Kier alpha value is -2.98. The Morgan fingerprint density at radius 3 is 2.32 bits per heavy atom. The molecular weight excluding hydrogens is 571 g/mol. The van der Waals surface area contributed by atoms with Gasteiger partial charge in [-0.2, -0.15) is 0 Å². The fourth-order valence-corrected chi connectivity index (χ4v) is 5.98. The zero-order valence-electron chi connectivity index (χ0n) is 20.3. The van der Waals surface area contributed by atoms with Gasteiger partial charge in [0.05, 0.1) is 11.5 Å². The Balaban J connectivity index is 1.45. The average molecular weight is 595 g/mol. The van der Waals surface area contributed by atoms with E-state index in [-0.39, 0.29) is 17.6 Å². The third-order valence-electron chi connectivity index (χ3n) is 7.56. The number of benzene rings is 3. The largest absolute Gasteiger partial charge is 0.573 e. The Morgan fingerprint density at radius 1 is 1.00 bits per heavy atom. The fraction of sp³-hybridized carbons (Fsp3) is 0.321. The van der Waals surface area contributed by atoms with Crippen LogP contribution in [-0.2, 0) is 0 Å². The molecule has 4 nitrogen and oxygen atoms in total. The van der Waals surface area contributed by atoms with E-state index in [2.05, 4.69) is 30.9 Å². The van der Waals surface area contributed by atoms with Gasteiger partial charge in [-0.3, -0.25) is 9.69 Å². The number of ketones is 1. The van der Waals surface area contributed by atoms with Crippen LogP contribution in [0.5, 0.6) is 5.75 Å². The highest BCUT2D eigenvalue weighted by atomic mass is 79.9. The van der Waals surface area contributed by atoms with Crippen LogP contribution in [0.4, 0.5) is 27.6 Å². The molecule has 2 heterocycles. The van der Waals surface area contributed by atoms with Crippen molar-refractivity contribution < 1.29 is 31.5 Å². The number of alkyl halides is 3. The van der Waals surface area contributed by atoms with Gasteiger partial charge in [-0.25, -0.2) is 8.78 Å². The minimum atomic E-state index is -4.81. The lowest BCUT2D eigenvalue weighted by molar-refractivity contribution is -0.274. The zero-order valence-corrected chi connectivity index (χ0v) is 21.9. The van der Waals surface area contributed by atoms with E-state index in [0.29, 0.717) is 48.3 Å². The first-order valence-electron chi connectivity index (χ1n) is 12.1. The molecule has 10 heteroatoms. The van der Waals surface area contributed by atoms with Crippen molar-refractivity contribution in [1.29, 1.82) is 0 Å².